The number of carbonyl (C=O) groups is 2. The highest BCUT2D eigenvalue weighted by Gasteiger charge is 2.14. The van der Waals surface area contributed by atoms with E-state index in [9.17, 15) is 14.7 Å². The summed E-state index contributed by atoms with van der Waals surface area (Å²) in [6.07, 6.45) is 1.45. The molecular formula is C14H13N3O4. The second kappa shape index (κ2) is 6.02. The van der Waals surface area contributed by atoms with Crippen LogP contribution in [0.4, 0.5) is 5.69 Å². The Kier molecular flexibility index (Phi) is 4.15. The summed E-state index contributed by atoms with van der Waals surface area (Å²) in [6, 6.07) is 6.70. The highest BCUT2D eigenvalue weighted by molar-refractivity contribution is 6.07. The molecule has 0 bridgehead atoms. The Morgan fingerprint density at radius 2 is 2.00 bits per heavy atom. The molecular weight excluding hydrogens is 274 g/mol. The highest BCUT2D eigenvalue weighted by Crippen LogP contribution is 2.22. The zero-order valence-corrected chi connectivity index (χ0v) is 10.9. The Morgan fingerprint density at radius 1 is 1.24 bits per heavy atom. The van der Waals surface area contributed by atoms with Crippen LogP contribution >= 0.6 is 0 Å². The molecule has 0 fully saturated rings. The van der Waals surface area contributed by atoms with Crippen LogP contribution in [-0.4, -0.2) is 27.1 Å². The third kappa shape index (κ3) is 3.34. The topological polar surface area (TPSA) is 126 Å². The van der Waals surface area contributed by atoms with Gasteiger partial charge in [0, 0.05) is 18.3 Å². The van der Waals surface area contributed by atoms with Gasteiger partial charge in [-0.1, -0.05) is 0 Å². The molecule has 1 aromatic carbocycles. The number of carboxylic acid groups (broad SMARTS) is 1. The second-order valence-electron chi connectivity index (χ2n) is 4.23. The molecule has 5 N–H and O–H groups in total. The van der Waals surface area contributed by atoms with Crippen LogP contribution in [0.2, 0.25) is 0 Å². The van der Waals surface area contributed by atoms with E-state index in [2.05, 4.69) is 10.3 Å². The van der Waals surface area contributed by atoms with Gasteiger partial charge >= 0.3 is 5.97 Å². The minimum atomic E-state index is -1.25. The minimum absolute atomic E-state index is 0.0939. The SMILES string of the molecule is NCc1cc(C(=O)Nc2ccc(O)cc2C(=O)O)ccn1. The lowest BCUT2D eigenvalue weighted by molar-refractivity contribution is 0.0697. The molecule has 7 heteroatoms. The molecule has 21 heavy (non-hydrogen) atoms. The number of pyridine rings is 1. The third-order valence-electron chi connectivity index (χ3n) is 2.77. The maximum atomic E-state index is 12.1. The van der Waals surface area contributed by atoms with Crippen LogP contribution in [0.25, 0.3) is 0 Å². The van der Waals surface area contributed by atoms with Crippen molar-refractivity contribution in [1.82, 2.24) is 4.98 Å². The van der Waals surface area contributed by atoms with Crippen molar-refractivity contribution in [2.24, 2.45) is 5.73 Å². The number of carbonyl (C=O) groups excluding carboxylic acids is 1. The van der Waals surface area contributed by atoms with Crippen LogP contribution < -0.4 is 11.1 Å². The summed E-state index contributed by atoms with van der Waals surface area (Å²) in [5, 5.41) is 20.9. The number of anilines is 1. The molecule has 2 aromatic rings. The molecule has 0 radical (unpaired) electrons. The van der Waals surface area contributed by atoms with E-state index in [0.29, 0.717) is 11.3 Å². The second-order valence-corrected chi connectivity index (χ2v) is 4.23. The number of benzene rings is 1. The zero-order chi connectivity index (χ0) is 15.4. The summed E-state index contributed by atoms with van der Waals surface area (Å²) >= 11 is 0. The number of aromatic nitrogens is 1. The van der Waals surface area contributed by atoms with Gasteiger partial charge in [0.25, 0.3) is 5.91 Å². The smallest absolute Gasteiger partial charge is 0.337 e. The maximum absolute atomic E-state index is 12.1. The van der Waals surface area contributed by atoms with Crippen molar-refractivity contribution in [3.63, 3.8) is 0 Å². The molecule has 0 aliphatic heterocycles. The number of aromatic carboxylic acids is 1. The predicted molar refractivity (Wildman–Crippen MR) is 75.1 cm³/mol. The Balaban J connectivity index is 2.29. The number of hydrogen-bond acceptors (Lipinski definition) is 5. The molecule has 0 aliphatic rings. The first-order valence-corrected chi connectivity index (χ1v) is 6.04. The lowest BCUT2D eigenvalue weighted by atomic mass is 10.1. The van der Waals surface area contributed by atoms with Crippen LogP contribution in [0.3, 0.4) is 0 Å². The van der Waals surface area contributed by atoms with Crippen LogP contribution in [0.5, 0.6) is 5.75 Å². The van der Waals surface area contributed by atoms with Gasteiger partial charge in [-0.05, 0) is 30.3 Å². The van der Waals surface area contributed by atoms with Gasteiger partial charge in [0.1, 0.15) is 5.75 Å². The zero-order valence-electron chi connectivity index (χ0n) is 10.9. The number of nitrogens with two attached hydrogens (primary N) is 1. The average molecular weight is 287 g/mol. The molecule has 108 valence electrons. The Bertz CT molecular complexity index is 700. The first-order valence-electron chi connectivity index (χ1n) is 6.04. The standard InChI is InChI=1S/C14H13N3O4/c15-7-9-5-8(3-4-16-9)13(19)17-12-2-1-10(18)6-11(12)14(20)21/h1-6,18H,7,15H2,(H,17,19)(H,20,21). The van der Waals surface area contributed by atoms with Crippen LogP contribution in [0.15, 0.2) is 36.5 Å². The number of phenols is 1. The molecule has 1 amide bonds. The predicted octanol–water partition coefficient (Wildman–Crippen LogP) is 1.20. The number of phenolic OH excluding ortho intramolecular Hbond substituents is 1. The Hall–Kier alpha value is -2.93. The third-order valence-corrected chi connectivity index (χ3v) is 2.77. The highest BCUT2D eigenvalue weighted by atomic mass is 16.4. The van der Waals surface area contributed by atoms with E-state index in [4.69, 9.17) is 10.8 Å². The first-order chi connectivity index (χ1) is 10.0. The normalized spacial score (nSPS) is 10.1. The summed E-state index contributed by atoms with van der Waals surface area (Å²) in [5.74, 6) is -1.93. The average Bonchev–Trinajstić information content (AvgIpc) is 2.48. The fraction of sp³-hybridized carbons (Fsp3) is 0.0714. The lowest BCUT2D eigenvalue weighted by Gasteiger charge is -2.09. The fourth-order valence-electron chi connectivity index (χ4n) is 1.74. The van der Waals surface area contributed by atoms with Crippen molar-refractivity contribution in [2.75, 3.05) is 5.32 Å². The summed E-state index contributed by atoms with van der Waals surface area (Å²) in [7, 11) is 0. The Morgan fingerprint density at radius 3 is 2.67 bits per heavy atom. The maximum Gasteiger partial charge on any atom is 0.337 e. The van der Waals surface area contributed by atoms with E-state index < -0.39 is 11.9 Å². The van der Waals surface area contributed by atoms with Crippen molar-refractivity contribution in [3.05, 3.63) is 53.3 Å². The number of aromatic hydroxyl groups is 1. The number of hydrogen-bond donors (Lipinski definition) is 4. The number of amides is 1. The minimum Gasteiger partial charge on any atom is -0.508 e. The molecule has 1 aromatic heterocycles. The number of nitrogens with one attached hydrogen (secondary N) is 1. The van der Waals surface area contributed by atoms with Gasteiger partial charge in [0.15, 0.2) is 0 Å². The lowest BCUT2D eigenvalue weighted by Crippen LogP contribution is -2.15. The fourth-order valence-corrected chi connectivity index (χ4v) is 1.74. The van der Waals surface area contributed by atoms with Crippen LogP contribution in [0, 0.1) is 0 Å². The van der Waals surface area contributed by atoms with Crippen molar-refractivity contribution >= 4 is 17.6 Å². The van der Waals surface area contributed by atoms with Crippen LogP contribution in [-0.2, 0) is 6.54 Å². The van der Waals surface area contributed by atoms with E-state index in [1.54, 1.807) is 0 Å². The van der Waals surface area contributed by atoms with Crippen molar-refractivity contribution in [2.45, 2.75) is 6.54 Å². The number of rotatable bonds is 4. The van der Waals surface area contributed by atoms with Crippen molar-refractivity contribution < 1.29 is 19.8 Å². The monoisotopic (exact) mass is 287 g/mol. The van der Waals surface area contributed by atoms with Gasteiger partial charge in [-0.2, -0.15) is 0 Å². The van der Waals surface area contributed by atoms with E-state index >= 15 is 0 Å². The van der Waals surface area contributed by atoms with E-state index in [0.717, 1.165) is 6.07 Å². The molecule has 1 heterocycles. The Labute approximate surface area is 120 Å². The molecule has 0 unspecified atom stereocenters. The van der Waals surface area contributed by atoms with Gasteiger partial charge in [-0.15, -0.1) is 0 Å². The molecule has 0 spiro atoms. The molecule has 0 aliphatic carbocycles. The number of nitrogens with zero attached hydrogens (tertiary/aromatic N) is 1. The van der Waals surface area contributed by atoms with E-state index in [-0.39, 0.29) is 23.5 Å². The largest absolute Gasteiger partial charge is 0.508 e. The summed E-state index contributed by atoms with van der Waals surface area (Å²) in [4.78, 5) is 27.2. The summed E-state index contributed by atoms with van der Waals surface area (Å²) in [6.45, 7) is 0.195. The van der Waals surface area contributed by atoms with Gasteiger partial charge in [-0.25, -0.2) is 4.79 Å². The van der Waals surface area contributed by atoms with E-state index in [1.807, 2.05) is 0 Å². The van der Waals surface area contributed by atoms with Gasteiger partial charge < -0.3 is 21.3 Å². The van der Waals surface area contributed by atoms with Gasteiger partial charge in [0.05, 0.1) is 16.9 Å². The quantitative estimate of drug-likeness (QED) is 0.626. The van der Waals surface area contributed by atoms with Crippen molar-refractivity contribution in [1.29, 1.82) is 0 Å². The van der Waals surface area contributed by atoms with Crippen molar-refractivity contribution in [3.8, 4) is 5.75 Å². The molecule has 2 rings (SSSR count). The van der Waals surface area contributed by atoms with Crippen LogP contribution in [0.1, 0.15) is 26.4 Å². The van der Waals surface area contributed by atoms with Gasteiger partial charge in [0.2, 0.25) is 0 Å². The molecule has 0 atom stereocenters. The molecule has 0 saturated carbocycles. The summed E-state index contributed by atoms with van der Waals surface area (Å²) < 4.78 is 0. The first kappa shape index (κ1) is 14.5. The number of carboxylic acids is 1. The molecule has 0 saturated heterocycles. The van der Waals surface area contributed by atoms with Gasteiger partial charge in [-0.3, -0.25) is 9.78 Å². The molecule has 7 nitrogen and oxygen atoms in total. The van der Waals surface area contributed by atoms with E-state index in [1.165, 1.54) is 30.5 Å². The summed E-state index contributed by atoms with van der Waals surface area (Å²) in [5.41, 5.74) is 6.21.